The maximum Gasteiger partial charge on any atom is 0.333 e. The van der Waals surface area contributed by atoms with Gasteiger partial charge in [-0.05, 0) is 72.0 Å². The van der Waals surface area contributed by atoms with Gasteiger partial charge in [-0.1, -0.05) is 55.9 Å². The van der Waals surface area contributed by atoms with Crippen LogP contribution in [0.1, 0.15) is 88.0 Å². The molecule has 1 fully saturated rings. The number of allylic oxidation sites excluding steroid dienone is 4. The van der Waals surface area contributed by atoms with Crippen molar-refractivity contribution in [3.05, 3.63) is 58.7 Å². The van der Waals surface area contributed by atoms with Gasteiger partial charge in [-0.2, -0.15) is 0 Å². The van der Waals surface area contributed by atoms with Gasteiger partial charge in [0.05, 0.1) is 12.2 Å². The van der Waals surface area contributed by atoms with Gasteiger partial charge in [-0.3, -0.25) is 4.79 Å². The Labute approximate surface area is 256 Å². The van der Waals surface area contributed by atoms with E-state index in [-0.39, 0.29) is 18.0 Å². The number of rotatable bonds is 5. The largest absolute Gasteiger partial charge is 0.459 e. The second-order valence-electron chi connectivity index (χ2n) is 12.2. The fourth-order valence-corrected chi connectivity index (χ4v) is 5.28. The number of ether oxygens (including phenoxy) is 4. The lowest BCUT2D eigenvalue weighted by atomic mass is 9.88. The van der Waals surface area contributed by atoms with E-state index in [1.807, 2.05) is 52.8 Å². The fourth-order valence-electron chi connectivity index (χ4n) is 5.28. The SMILES string of the molecule is CC[C@@H]1C/C=C(C)/C=C(\C)[C@H](O[C@@H]2OC(C)(C)[C@@H](OC(C)=O)[C@H](O)[C@@H]2O)[C@@H](CC)/C=C(\C)[C@@H](O)C/C=C/C=C(\C)C(=O)O1. The van der Waals surface area contributed by atoms with Gasteiger partial charge in [-0.15, -0.1) is 0 Å². The molecule has 1 saturated heterocycles. The van der Waals surface area contributed by atoms with E-state index in [2.05, 4.69) is 0 Å². The van der Waals surface area contributed by atoms with Crippen LogP contribution in [-0.2, 0) is 28.5 Å². The summed E-state index contributed by atoms with van der Waals surface area (Å²) in [5.41, 5.74) is 1.87. The van der Waals surface area contributed by atoms with Crippen LogP contribution in [0.25, 0.3) is 0 Å². The van der Waals surface area contributed by atoms with E-state index in [4.69, 9.17) is 18.9 Å². The van der Waals surface area contributed by atoms with Crippen LogP contribution in [0.2, 0.25) is 0 Å². The molecule has 2 aliphatic heterocycles. The van der Waals surface area contributed by atoms with Crippen LogP contribution in [0.5, 0.6) is 0 Å². The smallest absolute Gasteiger partial charge is 0.333 e. The molecule has 0 saturated carbocycles. The Hall–Kier alpha value is -2.56. The Kier molecular flexibility index (Phi) is 14.1. The normalized spacial score (nSPS) is 38.7. The zero-order chi connectivity index (χ0) is 32.5. The molecule has 3 N–H and O–H groups in total. The van der Waals surface area contributed by atoms with Crippen LogP contribution >= 0.6 is 0 Å². The monoisotopic (exact) mass is 604 g/mol. The summed E-state index contributed by atoms with van der Waals surface area (Å²) in [6, 6.07) is 0. The number of hydrogen-bond donors (Lipinski definition) is 3. The summed E-state index contributed by atoms with van der Waals surface area (Å²) >= 11 is 0. The molecule has 2 aliphatic rings. The molecular weight excluding hydrogens is 552 g/mol. The highest BCUT2D eigenvalue weighted by Crippen LogP contribution is 2.35. The molecule has 0 bridgehead atoms. The van der Waals surface area contributed by atoms with Crippen LogP contribution in [0.3, 0.4) is 0 Å². The first kappa shape index (κ1) is 36.6. The summed E-state index contributed by atoms with van der Waals surface area (Å²) in [5, 5.41) is 32.8. The molecule has 0 spiro atoms. The number of cyclic esters (lactones) is 1. The summed E-state index contributed by atoms with van der Waals surface area (Å²) in [4.78, 5) is 24.3. The molecule has 2 rings (SSSR count). The molecule has 9 nitrogen and oxygen atoms in total. The van der Waals surface area contributed by atoms with Crippen LogP contribution in [0, 0.1) is 5.92 Å². The molecular formula is C34H52O9. The lowest BCUT2D eigenvalue weighted by Gasteiger charge is -2.47. The first-order valence-electron chi connectivity index (χ1n) is 15.2. The van der Waals surface area contributed by atoms with Crippen LogP contribution < -0.4 is 0 Å². The van der Waals surface area contributed by atoms with Crippen molar-refractivity contribution in [1.29, 1.82) is 0 Å². The highest BCUT2D eigenvalue weighted by Gasteiger charge is 2.52. The Morgan fingerprint density at radius 1 is 1.02 bits per heavy atom. The minimum atomic E-state index is -1.48. The predicted molar refractivity (Wildman–Crippen MR) is 165 cm³/mol. The number of carbonyl (C=O) groups is 2. The van der Waals surface area contributed by atoms with E-state index in [0.29, 0.717) is 31.3 Å². The minimum Gasteiger partial charge on any atom is -0.459 e. The Balaban J connectivity index is 2.53. The average molecular weight is 605 g/mol. The van der Waals surface area contributed by atoms with Gasteiger partial charge < -0.3 is 34.3 Å². The molecule has 9 heteroatoms. The summed E-state index contributed by atoms with van der Waals surface area (Å²) < 4.78 is 23.6. The third-order valence-electron chi connectivity index (χ3n) is 7.98. The molecule has 0 radical (unpaired) electrons. The van der Waals surface area contributed by atoms with E-state index >= 15 is 0 Å². The highest BCUT2D eigenvalue weighted by molar-refractivity contribution is 5.88. The van der Waals surface area contributed by atoms with Gasteiger partial charge in [-0.25, -0.2) is 4.79 Å². The zero-order valence-corrected chi connectivity index (χ0v) is 27.2. The summed E-state index contributed by atoms with van der Waals surface area (Å²) in [6.07, 6.45) is 6.55. The Morgan fingerprint density at radius 2 is 1.70 bits per heavy atom. The third-order valence-corrected chi connectivity index (χ3v) is 7.98. The molecule has 242 valence electrons. The fraction of sp³-hybridized carbons (Fsp3) is 0.647. The Morgan fingerprint density at radius 3 is 2.30 bits per heavy atom. The van der Waals surface area contributed by atoms with Gasteiger partial charge in [0, 0.05) is 24.8 Å². The van der Waals surface area contributed by atoms with Gasteiger partial charge in [0.25, 0.3) is 0 Å². The molecule has 0 aromatic rings. The molecule has 0 unspecified atom stereocenters. The van der Waals surface area contributed by atoms with Gasteiger partial charge in [0.15, 0.2) is 12.4 Å². The lowest BCUT2D eigenvalue weighted by Crippen LogP contribution is -2.64. The van der Waals surface area contributed by atoms with Crippen molar-refractivity contribution in [3.63, 3.8) is 0 Å². The standard InChI is InChI=1S/C34H52O9/c1-10-25-19-22(5)27(36)15-13-12-14-21(4)32(39)41-26(11-2)17-16-20(3)18-23(6)30(25)42-33-29(38)28(37)31(40-24(7)35)34(8,9)43-33/h12-14,16,18-19,25-31,33,36-38H,10-11,15,17H2,1-9H3/b13-12+,20-16+,21-14+,22-19+,23-18+/t25-,26+,27-,28+,29-,30-,31-,33+/m0/s1. The van der Waals surface area contributed by atoms with Gasteiger partial charge in [0.1, 0.15) is 23.9 Å². The van der Waals surface area contributed by atoms with Crippen molar-refractivity contribution >= 4 is 11.9 Å². The van der Waals surface area contributed by atoms with E-state index in [0.717, 1.165) is 16.7 Å². The number of esters is 2. The maximum atomic E-state index is 12.6. The van der Waals surface area contributed by atoms with Crippen molar-refractivity contribution in [2.24, 2.45) is 5.92 Å². The summed E-state index contributed by atoms with van der Waals surface area (Å²) in [7, 11) is 0. The van der Waals surface area contributed by atoms with E-state index < -0.39 is 48.4 Å². The topological polar surface area (TPSA) is 132 Å². The number of carbonyl (C=O) groups excluding carboxylic acids is 2. The van der Waals surface area contributed by atoms with Crippen molar-refractivity contribution in [3.8, 4) is 0 Å². The second-order valence-corrected chi connectivity index (χ2v) is 12.2. The van der Waals surface area contributed by atoms with Crippen LogP contribution in [0.4, 0.5) is 0 Å². The average Bonchev–Trinajstić information content (AvgIpc) is 2.94. The van der Waals surface area contributed by atoms with Crippen molar-refractivity contribution in [1.82, 2.24) is 0 Å². The molecule has 43 heavy (non-hydrogen) atoms. The number of aliphatic hydroxyl groups is 3. The molecule has 8 atom stereocenters. The number of hydrogen-bond acceptors (Lipinski definition) is 9. The highest BCUT2D eigenvalue weighted by atomic mass is 16.7. The summed E-state index contributed by atoms with van der Waals surface area (Å²) in [6.45, 7) is 16.0. The van der Waals surface area contributed by atoms with E-state index in [1.165, 1.54) is 6.92 Å². The van der Waals surface area contributed by atoms with Crippen molar-refractivity contribution < 1.29 is 43.9 Å². The molecule has 0 aliphatic carbocycles. The van der Waals surface area contributed by atoms with E-state index in [1.54, 1.807) is 39.0 Å². The molecule has 2 heterocycles. The second kappa shape index (κ2) is 16.5. The minimum absolute atomic E-state index is 0.213. The van der Waals surface area contributed by atoms with E-state index in [9.17, 15) is 24.9 Å². The lowest BCUT2D eigenvalue weighted by molar-refractivity contribution is -0.333. The van der Waals surface area contributed by atoms with Crippen molar-refractivity contribution in [2.75, 3.05) is 0 Å². The quantitative estimate of drug-likeness (QED) is 0.293. The number of aliphatic hydroxyl groups excluding tert-OH is 3. The molecule has 0 aromatic heterocycles. The predicted octanol–water partition coefficient (Wildman–Crippen LogP) is 5.00. The van der Waals surface area contributed by atoms with Gasteiger partial charge in [0.2, 0.25) is 0 Å². The third kappa shape index (κ3) is 10.5. The molecule has 0 amide bonds. The summed E-state index contributed by atoms with van der Waals surface area (Å²) in [5.74, 6) is -1.18. The first-order valence-corrected chi connectivity index (χ1v) is 15.2. The van der Waals surface area contributed by atoms with Crippen molar-refractivity contribution in [2.45, 2.75) is 137 Å². The Bertz CT molecular complexity index is 1110. The maximum absolute atomic E-state index is 12.6. The van der Waals surface area contributed by atoms with Crippen LogP contribution in [-0.4, -0.2) is 75.8 Å². The zero-order valence-electron chi connectivity index (χ0n) is 27.2. The van der Waals surface area contributed by atoms with Crippen LogP contribution in [0.15, 0.2) is 58.7 Å². The first-order chi connectivity index (χ1) is 20.1. The molecule has 0 aromatic carbocycles. The van der Waals surface area contributed by atoms with Gasteiger partial charge >= 0.3 is 11.9 Å².